The number of rotatable bonds is 4. The SMILES string of the molecule is CC(C)C1CN(C(C)CCN)C(=O)N1C. The topological polar surface area (TPSA) is 49.6 Å². The number of urea groups is 1. The van der Waals surface area contributed by atoms with Crippen LogP contribution in [0.4, 0.5) is 4.79 Å². The fourth-order valence-electron chi connectivity index (χ4n) is 2.17. The largest absolute Gasteiger partial charge is 0.330 e. The van der Waals surface area contributed by atoms with Crippen LogP contribution >= 0.6 is 0 Å². The van der Waals surface area contributed by atoms with E-state index < -0.39 is 0 Å². The quantitative estimate of drug-likeness (QED) is 0.760. The summed E-state index contributed by atoms with van der Waals surface area (Å²) in [6, 6.07) is 0.751. The Balaban J connectivity index is 2.66. The smallest absolute Gasteiger partial charge is 0.320 e. The van der Waals surface area contributed by atoms with Crippen molar-refractivity contribution in [3.63, 3.8) is 0 Å². The van der Waals surface area contributed by atoms with E-state index >= 15 is 0 Å². The predicted octanol–water partition coefficient (Wildman–Crippen LogP) is 1.12. The minimum Gasteiger partial charge on any atom is -0.330 e. The molecule has 0 aliphatic carbocycles. The van der Waals surface area contributed by atoms with Crippen LogP contribution in [0.5, 0.6) is 0 Å². The first kappa shape index (κ1) is 12.3. The van der Waals surface area contributed by atoms with Crippen molar-refractivity contribution < 1.29 is 4.79 Å². The molecule has 0 aromatic heterocycles. The highest BCUT2D eigenvalue weighted by molar-refractivity contribution is 5.77. The van der Waals surface area contributed by atoms with Gasteiger partial charge in [-0.2, -0.15) is 0 Å². The molecule has 0 aromatic rings. The second-order valence-corrected chi connectivity index (χ2v) is 4.78. The molecule has 0 spiro atoms. The summed E-state index contributed by atoms with van der Waals surface area (Å²) in [5, 5.41) is 0. The van der Waals surface area contributed by atoms with Crippen LogP contribution in [0.1, 0.15) is 27.2 Å². The van der Waals surface area contributed by atoms with Crippen molar-refractivity contribution in [3.05, 3.63) is 0 Å². The third kappa shape index (κ3) is 2.43. The normalized spacial score (nSPS) is 24.1. The molecule has 1 aliphatic rings. The molecule has 2 amide bonds. The van der Waals surface area contributed by atoms with Crippen molar-refractivity contribution in [3.8, 4) is 0 Å². The van der Waals surface area contributed by atoms with Gasteiger partial charge in [0.25, 0.3) is 0 Å². The lowest BCUT2D eigenvalue weighted by molar-refractivity contribution is 0.181. The summed E-state index contributed by atoms with van der Waals surface area (Å²) in [4.78, 5) is 15.7. The maximum absolute atomic E-state index is 11.9. The van der Waals surface area contributed by atoms with Gasteiger partial charge >= 0.3 is 6.03 Å². The van der Waals surface area contributed by atoms with Crippen molar-refractivity contribution in [2.24, 2.45) is 11.7 Å². The zero-order chi connectivity index (χ0) is 11.6. The van der Waals surface area contributed by atoms with Crippen LogP contribution < -0.4 is 5.73 Å². The highest BCUT2D eigenvalue weighted by Crippen LogP contribution is 2.22. The van der Waals surface area contributed by atoms with Gasteiger partial charge in [-0.25, -0.2) is 4.79 Å². The number of nitrogens with two attached hydrogens (primary N) is 1. The van der Waals surface area contributed by atoms with Crippen LogP contribution in [-0.2, 0) is 0 Å². The Hall–Kier alpha value is -0.770. The van der Waals surface area contributed by atoms with Crippen LogP contribution in [0, 0.1) is 5.92 Å². The van der Waals surface area contributed by atoms with E-state index in [4.69, 9.17) is 5.73 Å². The zero-order valence-electron chi connectivity index (χ0n) is 10.2. The summed E-state index contributed by atoms with van der Waals surface area (Å²) in [6.07, 6.45) is 0.879. The number of hydrogen-bond donors (Lipinski definition) is 1. The van der Waals surface area contributed by atoms with Gasteiger partial charge in [-0.05, 0) is 25.8 Å². The Kier molecular flexibility index (Phi) is 3.97. The molecule has 4 nitrogen and oxygen atoms in total. The van der Waals surface area contributed by atoms with E-state index in [2.05, 4.69) is 20.8 Å². The van der Waals surface area contributed by atoms with Crippen molar-refractivity contribution in [1.82, 2.24) is 9.80 Å². The molecule has 0 radical (unpaired) electrons. The Labute approximate surface area is 92.4 Å². The van der Waals surface area contributed by atoms with Crippen molar-refractivity contribution in [2.75, 3.05) is 20.1 Å². The highest BCUT2D eigenvalue weighted by atomic mass is 16.2. The molecule has 15 heavy (non-hydrogen) atoms. The van der Waals surface area contributed by atoms with E-state index in [-0.39, 0.29) is 12.1 Å². The number of nitrogens with zero attached hydrogens (tertiary/aromatic N) is 2. The zero-order valence-corrected chi connectivity index (χ0v) is 10.2. The standard InChI is InChI=1S/C11H23N3O/c1-8(2)10-7-14(9(3)5-6-12)11(15)13(10)4/h8-10H,5-7,12H2,1-4H3. The number of amides is 2. The van der Waals surface area contributed by atoms with Gasteiger partial charge in [0.05, 0.1) is 6.04 Å². The van der Waals surface area contributed by atoms with Crippen LogP contribution in [-0.4, -0.2) is 48.1 Å². The molecule has 2 N–H and O–H groups in total. The van der Waals surface area contributed by atoms with Crippen LogP contribution in [0.25, 0.3) is 0 Å². The summed E-state index contributed by atoms with van der Waals surface area (Å²) in [6.45, 7) is 7.87. The van der Waals surface area contributed by atoms with Gasteiger partial charge < -0.3 is 15.5 Å². The summed E-state index contributed by atoms with van der Waals surface area (Å²) in [5.41, 5.74) is 5.52. The number of hydrogen-bond acceptors (Lipinski definition) is 2. The third-order valence-corrected chi connectivity index (χ3v) is 3.31. The molecule has 1 heterocycles. The van der Waals surface area contributed by atoms with Gasteiger partial charge in [0.1, 0.15) is 0 Å². The average molecular weight is 213 g/mol. The minimum atomic E-state index is 0.148. The van der Waals surface area contributed by atoms with Crippen molar-refractivity contribution in [1.29, 1.82) is 0 Å². The molecule has 0 bridgehead atoms. The van der Waals surface area contributed by atoms with Crippen LogP contribution in [0.3, 0.4) is 0 Å². The maximum atomic E-state index is 11.9. The van der Waals surface area contributed by atoms with E-state index in [9.17, 15) is 4.79 Å². The van der Waals surface area contributed by atoms with E-state index in [1.54, 1.807) is 0 Å². The molecule has 2 unspecified atom stereocenters. The van der Waals surface area contributed by atoms with E-state index in [0.29, 0.717) is 18.5 Å². The maximum Gasteiger partial charge on any atom is 0.320 e. The Morgan fingerprint density at radius 3 is 2.47 bits per heavy atom. The average Bonchev–Trinajstić information content (AvgIpc) is 2.45. The molecule has 1 fully saturated rings. The van der Waals surface area contributed by atoms with Gasteiger partial charge in [0.15, 0.2) is 0 Å². The van der Waals surface area contributed by atoms with E-state index in [1.165, 1.54) is 0 Å². The Morgan fingerprint density at radius 1 is 1.47 bits per heavy atom. The lowest BCUT2D eigenvalue weighted by atomic mass is 10.0. The summed E-state index contributed by atoms with van der Waals surface area (Å²) in [7, 11) is 1.89. The number of carbonyl (C=O) groups is 1. The summed E-state index contributed by atoms with van der Waals surface area (Å²) in [5.74, 6) is 0.508. The van der Waals surface area contributed by atoms with Gasteiger partial charge in [-0.1, -0.05) is 13.8 Å². The number of carbonyl (C=O) groups excluding carboxylic acids is 1. The first-order valence-electron chi connectivity index (χ1n) is 5.72. The van der Waals surface area contributed by atoms with Gasteiger partial charge in [0, 0.05) is 19.6 Å². The summed E-state index contributed by atoms with van der Waals surface area (Å²) < 4.78 is 0. The highest BCUT2D eigenvalue weighted by Gasteiger charge is 2.37. The van der Waals surface area contributed by atoms with Crippen molar-refractivity contribution in [2.45, 2.75) is 39.3 Å². The molecule has 4 heteroatoms. The van der Waals surface area contributed by atoms with Crippen LogP contribution in [0.15, 0.2) is 0 Å². The van der Waals surface area contributed by atoms with Gasteiger partial charge in [-0.3, -0.25) is 0 Å². The predicted molar refractivity (Wildman–Crippen MR) is 61.6 cm³/mol. The molecule has 0 aromatic carbocycles. The second kappa shape index (κ2) is 4.84. The lowest BCUT2D eigenvalue weighted by Crippen LogP contribution is -2.37. The monoisotopic (exact) mass is 213 g/mol. The molecule has 88 valence electrons. The minimum absolute atomic E-state index is 0.148. The van der Waals surface area contributed by atoms with Crippen molar-refractivity contribution >= 4 is 6.03 Å². The molecular formula is C11H23N3O. The van der Waals surface area contributed by atoms with E-state index in [0.717, 1.165) is 13.0 Å². The Bertz CT molecular complexity index is 230. The molecule has 1 saturated heterocycles. The second-order valence-electron chi connectivity index (χ2n) is 4.78. The molecular weight excluding hydrogens is 190 g/mol. The van der Waals surface area contributed by atoms with Gasteiger partial charge in [0.2, 0.25) is 0 Å². The number of likely N-dealkylation sites (N-methyl/N-ethyl adjacent to an activating group) is 1. The summed E-state index contributed by atoms with van der Waals surface area (Å²) >= 11 is 0. The fraction of sp³-hybridized carbons (Fsp3) is 0.909. The lowest BCUT2D eigenvalue weighted by Gasteiger charge is -2.23. The van der Waals surface area contributed by atoms with E-state index in [1.807, 2.05) is 16.8 Å². The first-order valence-corrected chi connectivity index (χ1v) is 5.72. The molecule has 1 aliphatic heterocycles. The third-order valence-electron chi connectivity index (χ3n) is 3.31. The Morgan fingerprint density at radius 2 is 2.07 bits per heavy atom. The van der Waals surface area contributed by atoms with Crippen LogP contribution in [0.2, 0.25) is 0 Å². The fourth-order valence-corrected chi connectivity index (χ4v) is 2.17. The molecule has 1 rings (SSSR count). The van der Waals surface area contributed by atoms with Gasteiger partial charge in [-0.15, -0.1) is 0 Å². The first-order chi connectivity index (χ1) is 6.99. The molecule has 0 saturated carbocycles. The molecule has 2 atom stereocenters.